The number of aromatic nitrogens is 1. The molecule has 1 saturated carbocycles. The number of carbonyl (C=O) groups is 2. The van der Waals surface area contributed by atoms with Crippen molar-refractivity contribution < 1.29 is 19.2 Å². The van der Waals surface area contributed by atoms with Crippen molar-refractivity contribution in [2.45, 2.75) is 44.6 Å². The van der Waals surface area contributed by atoms with E-state index in [0.29, 0.717) is 5.69 Å². The molecule has 0 atom stereocenters. The fourth-order valence-electron chi connectivity index (χ4n) is 2.59. The maximum absolute atomic E-state index is 12.4. The zero-order valence-electron chi connectivity index (χ0n) is 10.6. The van der Waals surface area contributed by atoms with E-state index in [2.05, 4.69) is 5.16 Å². The van der Waals surface area contributed by atoms with Gasteiger partial charge in [-0.05, 0) is 32.1 Å². The lowest BCUT2D eigenvalue weighted by molar-refractivity contribution is -0.137. The zero-order chi connectivity index (χ0) is 13.4. The number of carboxylic acid groups (broad SMARTS) is 1. The Morgan fingerprint density at radius 3 is 2.74 bits per heavy atom. The first-order chi connectivity index (χ1) is 9.16. The van der Waals surface area contributed by atoms with E-state index in [1.165, 1.54) is 4.90 Å². The molecule has 6 nitrogen and oxygen atoms in total. The van der Waals surface area contributed by atoms with Crippen LogP contribution in [0, 0.1) is 0 Å². The van der Waals surface area contributed by atoms with Crippen LogP contribution in [0.2, 0.25) is 0 Å². The average Bonchev–Trinajstić information content (AvgIpc) is 3.14. The smallest absolute Gasteiger partial charge is 0.323 e. The third-order valence-electron chi connectivity index (χ3n) is 3.71. The number of fused-ring (bicyclic) bond motifs is 1. The van der Waals surface area contributed by atoms with Crippen molar-refractivity contribution in [3.63, 3.8) is 0 Å². The molecule has 1 aromatic rings. The molecule has 0 spiro atoms. The second-order valence-corrected chi connectivity index (χ2v) is 5.20. The van der Waals surface area contributed by atoms with Crippen LogP contribution in [-0.2, 0) is 17.6 Å². The highest BCUT2D eigenvalue weighted by atomic mass is 16.5. The first-order valence-corrected chi connectivity index (χ1v) is 6.67. The number of hydrogen-bond acceptors (Lipinski definition) is 4. The summed E-state index contributed by atoms with van der Waals surface area (Å²) in [6.45, 7) is -0.259. The molecule has 1 N–H and O–H groups in total. The molecule has 0 aromatic carbocycles. The monoisotopic (exact) mass is 264 g/mol. The van der Waals surface area contributed by atoms with Crippen LogP contribution in [0.5, 0.6) is 0 Å². The van der Waals surface area contributed by atoms with Crippen LogP contribution in [-0.4, -0.2) is 39.6 Å². The molecule has 2 aliphatic rings. The highest BCUT2D eigenvalue weighted by molar-refractivity contribution is 5.96. The van der Waals surface area contributed by atoms with Gasteiger partial charge in [0.25, 0.3) is 5.91 Å². The van der Waals surface area contributed by atoms with Crippen molar-refractivity contribution >= 4 is 11.9 Å². The van der Waals surface area contributed by atoms with Gasteiger partial charge >= 0.3 is 5.97 Å². The van der Waals surface area contributed by atoms with Gasteiger partial charge in [0, 0.05) is 18.0 Å². The van der Waals surface area contributed by atoms with Crippen LogP contribution in [0.1, 0.15) is 47.5 Å². The third kappa shape index (κ3) is 2.34. The van der Waals surface area contributed by atoms with Crippen molar-refractivity contribution in [1.29, 1.82) is 0 Å². The van der Waals surface area contributed by atoms with Gasteiger partial charge in [-0.2, -0.15) is 0 Å². The number of carbonyl (C=O) groups excluding carboxylic acids is 1. The Hall–Kier alpha value is -1.85. The number of rotatable bonds is 4. The Bertz CT molecular complexity index is 519. The number of aliphatic carboxylic acids is 1. The van der Waals surface area contributed by atoms with Crippen molar-refractivity contribution in [3.05, 3.63) is 17.0 Å². The number of aryl methyl sites for hydroxylation is 1. The molecule has 19 heavy (non-hydrogen) atoms. The van der Waals surface area contributed by atoms with Gasteiger partial charge in [-0.25, -0.2) is 0 Å². The third-order valence-corrected chi connectivity index (χ3v) is 3.71. The summed E-state index contributed by atoms with van der Waals surface area (Å²) < 4.78 is 5.22. The normalized spacial score (nSPS) is 17.9. The second kappa shape index (κ2) is 4.68. The lowest BCUT2D eigenvalue weighted by Gasteiger charge is -2.19. The van der Waals surface area contributed by atoms with E-state index in [-0.39, 0.29) is 18.5 Å². The maximum Gasteiger partial charge on any atom is 0.323 e. The molecular weight excluding hydrogens is 248 g/mol. The van der Waals surface area contributed by atoms with Crippen LogP contribution in [0.4, 0.5) is 0 Å². The van der Waals surface area contributed by atoms with Crippen molar-refractivity contribution in [1.82, 2.24) is 10.1 Å². The molecule has 3 rings (SSSR count). The first-order valence-electron chi connectivity index (χ1n) is 6.67. The summed E-state index contributed by atoms with van der Waals surface area (Å²) in [5.74, 6) is -0.491. The van der Waals surface area contributed by atoms with Crippen LogP contribution < -0.4 is 0 Å². The molecule has 1 fully saturated rings. The van der Waals surface area contributed by atoms with Crippen molar-refractivity contribution in [3.8, 4) is 0 Å². The molecule has 6 heteroatoms. The minimum atomic E-state index is -0.988. The molecule has 0 saturated heterocycles. The van der Waals surface area contributed by atoms with Gasteiger partial charge in [0.2, 0.25) is 0 Å². The molecule has 0 unspecified atom stereocenters. The van der Waals surface area contributed by atoms with Gasteiger partial charge in [0.05, 0.1) is 0 Å². The number of amides is 1. The summed E-state index contributed by atoms with van der Waals surface area (Å²) in [7, 11) is 0. The topological polar surface area (TPSA) is 83.6 Å². The van der Waals surface area contributed by atoms with Crippen LogP contribution in [0.25, 0.3) is 0 Å². The minimum absolute atomic E-state index is 0.0551. The largest absolute Gasteiger partial charge is 0.480 e. The van der Waals surface area contributed by atoms with Crippen LogP contribution in [0.3, 0.4) is 0 Å². The lowest BCUT2D eigenvalue weighted by Crippen LogP contribution is -2.38. The highest BCUT2D eigenvalue weighted by Gasteiger charge is 2.37. The van der Waals surface area contributed by atoms with Gasteiger partial charge in [0.1, 0.15) is 12.3 Å². The average molecular weight is 264 g/mol. The predicted octanol–water partition coefficient (Wildman–Crippen LogP) is 1.24. The fourth-order valence-corrected chi connectivity index (χ4v) is 2.59. The molecule has 1 aromatic heterocycles. The lowest BCUT2D eigenvalue weighted by atomic mass is 9.96. The Balaban J connectivity index is 1.85. The quantitative estimate of drug-likeness (QED) is 0.884. The van der Waals surface area contributed by atoms with Gasteiger partial charge in [-0.3, -0.25) is 9.59 Å². The number of carboxylic acids is 1. The summed E-state index contributed by atoms with van der Waals surface area (Å²) in [5, 5.41) is 12.8. The standard InChI is InChI=1S/C13H16N2O4/c16-11(17)7-15(8-5-6-8)13(18)12-9-3-1-2-4-10(9)19-14-12/h8H,1-7H2,(H,16,17). The number of hydrogen-bond donors (Lipinski definition) is 1. The summed E-state index contributed by atoms with van der Waals surface area (Å²) in [4.78, 5) is 24.7. The molecule has 1 heterocycles. The van der Waals surface area contributed by atoms with E-state index >= 15 is 0 Å². The molecule has 1 amide bonds. The van der Waals surface area contributed by atoms with E-state index in [0.717, 1.165) is 49.8 Å². The van der Waals surface area contributed by atoms with Gasteiger partial charge < -0.3 is 14.5 Å². The molecule has 102 valence electrons. The van der Waals surface area contributed by atoms with Gasteiger partial charge in [-0.1, -0.05) is 5.16 Å². The molecule has 0 bridgehead atoms. The highest BCUT2D eigenvalue weighted by Crippen LogP contribution is 2.30. The molecule has 2 aliphatic carbocycles. The van der Waals surface area contributed by atoms with E-state index in [9.17, 15) is 9.59 Å². The summed E-state index contributed by atoms with van der Waals surface area (Å²) in [6, 6.07) is 0.0551. The molecular formula is C13H16N2O4. The van der Waals surface area contributed by atoms with E-state index in [1.54, 1.807) is 0 Å². The van der Waals surface area contributed by atoms with Crippen molar-refractivity contribution in [2.75, 3.05) is 6.54 Å². The molecule has 0 radical (unpaired) electrons. The number of nitrogens with zero attached hydrogens (tertiary/aromatic N) is 2. The van der Waals surface area contributed by atoms with Crippen LogP contribution >= 0.6 is 0 Å². The minimum Gasteiger partial charge on any atom is -0.480 e. The Morgan fingerprint density at radius 2 is 2.05 bits per heavy atom. The van der Waals surface area contributed by atoms with Crippen LogP contribution in [0.15, 0.2) is 4.52 Å². The fraction of sp³-hybridized carbons (Fsp3) is 0.615. The van der Waals surface area contributed by atoms with Gasteiger partial charge in [-0.15, -0.1) is 0 Å². The Kier molecular flexibility index (Phi) is 3.00. The van der Waals surface area contributed by atoms with E-state index in [4.69, 9.17) is 9.63 Å². The second-order valence-electron chi connectivity index (χ2n) is 5.20. The van der Waals surface area contributed by atoms with Crippen molar-refractivity contribution in [2.24, 2.45) is 0 Å². The van der Waals surface area contributed by atoms with E-state index in [1.807, 2.05) is 0 Å². The summed E-state index contributed by atoms with van der Waals surface area (Å²) in [6.07, 6.45) is 5.44. The molecule has 0 aliphatic heterocycles. The summed E-state index contributed by atoms with van der Waals surface area (Å²) >= 11 is 0. The van der Waals surface area contributed by atoms with Gasteiger partial charge in [0.15, 0.2) is 5.69 Å². The first kappa shape index (κ1) is 12.2. The maximum atomic E-state index is 12.4. The summed E-state index contributed by atoms with van der Waals surface area (Å²) in [5.41, 5.74) is 1.20. The zero-order valence-corrected chi connectivity index (χ0v) is 10.6. The Labute approximate surface area is 110 Å². The SMILES string of the molecule is O=C(O)CN(C(=O)c1noc2c1CCCC2)C1CC1. The Morgan fingerprint density at radius 1 is 1.32 bits per heavy atom. The predicted molar refractivity (Wildman–Crippen MR) is 64.8 cm³/mol. The van der Waals surface area contributed by atoms with E-state index < -0.39 is 5.97 Å².